The average molecular weight is 412 g/mol. The van der Waals surface area contributed by atoms with Crippen molar-refractivity contribution in [2.24, 2.45) is 0 Å². The third-order valence-corrected chi connectivity index (χ3v) is 8.56. The van der Waals surface area contributed by atoms with Gasteiger partial charge in [0.2, 0.25) is 0 Å². The second-order valence-electron chi connectivity index (χ2n) is 3.77. The van der Waals surface area contributed by atoms with Crippen LogP contribution in [0.2, 0.25) is 0 Å². The molecule has 4 nitrogen and oxygen atoms in total. The van der Waals surface area contributed by atoms with Crippen molar-refractivity contribution >= 4 is 30.4 Å². The Morgan fingerprint density at radius 2 is 1.63 bits per heavy atom. The Balaban J connectivity index is 3.07. The minimum absolute atomic E-state index is 0.0340. The van der Waals surface area contributed by atoms with Gasteiger partial charge < -0.3 is 0 Å². The van der Waals surface area contributed by atoms with Gasteiger partial charge in [-0.05, 0) is 0 Å². The van der Waals surface area contributed by atoms with Crippen molar-refractivity contribution in [3.63, 3.8) is 0 Å². The van der Waals surface area contributed by atoms with Crippen LogP contribution < -0.4 is 0 Å². The van der Waals surface area contributed by atoms with E-state index in [0.29, 0.717) is 14.7 Å². The Hall–Kier alpha value is -0.550. The third-order valence-electron chi connectivity index (χ3n) is 2.22. The number of rotatable bonds is 3. The standard InChI is InChI=1S/C10H12F3IO4S/c1-6-4-8(5-7(2)9(6)15)14(3)18-19(16,17)10(11,12)13/h4-5,15H,1-3H3. The zero-order chi connectivity index (χ0) is 15.0. The molecule has 19 heavy (non-hydrogen) atoms. The molecule has 0 aliphatic rings. The van der Waals surface area contributed by atoms with E-state index in [2.05, 4.69) is 2.51 Å². The van der Waals surface area contributed by atoms with Crippen molar-refractivity contribution in [1.29, 1.82) is 0 Å². The summed E-state index contributed by atoms with van der Waals surface area (Å²) in [4.78, 5) is 1.35. The quantitative estimate of drug-likeness (QED) is 0.471. The molecular formula is C10H12F3IO4S. The number of phenolic OH excluding ortho intramolecular Hbond substituents is 1. The van der Waals surface area contributed by atoms with E-state index >= 15 is 0 Å². The molecule has 0 bridgehead atoms. The van der Waals surface area contributed by atoms with E-state index in [1.165, 1.54) is 17.1 Å². The molecule has 0 aromatic heterocycles. The summed E-state index contributed by atoms with van der Waals surface area (Å²) in [5, 5.41) is 9.55. The first-order valence-corrected chi connectivity index (χ1v) is 10.4. The molecule has 110 valence electrons. The van der Waals surface area contributed by atoms with E-state index in [9.17, 15) is 26.7 Å². The molecule has 0 aliphatic heterocycles. The number of aromatic hydroxyl groups is 1. The van der Waals surface area contributed by atoms with E-state index < -0.39 is 35.9 Å². The van der Waals surface area contributed by atoms with Crippen LogP contribution in [0.1, 0.15) is 11.1 Å². The van der Waals surface area contributed by atoms with E-state index in [-0.39, 0.29) is 5.75 Å². The predicted octanol–water partition coefficient (Wildman–Crippen LogP) is 3.10. The summed E-state index contributed by atoms with van der Waals surface area (Å²) in [7, 11) is -5.57. The van der Waals surface area contributed by atoms with Crippen LogP contribution in [-0.2, 0) is 12.6 Å². The Labute approximate surface area is 116 Å². The first-order valence-electron chi connectivity index (χ1n) is 4.87. The average Bonchev–Trinajstić information content (AvgIpc) is 2.22. The summed E-state index contributed by atoms with van der Waals surface area (Å²) in [6.07, 6.45) is 0. The number of phenols is 1. The fourth-order valence-electron chi connectivity index (χ4n) is 1.25. The molecule has 9 heteroatoms. The molecule has 0 saturated carbocycles. The Bertz CT molecular complexity index is 560. The van der Waals surface area contributed by atoms with Crippen molar-refractivity contribution in [2.75, 3.05) is 4.93 Å². The minimum atomic E-state index is -5.57. The Morgan fingerprint density at radius 1 is 1.21 bits per heavy atom. The maximum absolute atomic E-state index is 12.2. The van der Waals surface area contributed by atoms with Gasteiger partial charge in [0, 0.05) is 0 Å². The van der Waals surface area contributed by atoms with E-state index in [1.54, 1.807) is 13.8 Å². The van der Waals surface area contributed by atoms with Gasteiger partial charge in [-0.15, -0.1) is 0 Å². The van der Waals surface area contributed by atoms with Crippen LogP contribution in [0.5, 0.6) is 5.75 Å². The Morgan fingerprint density at radius 3 is 2.00 bits per heavy atom. The molecule has 0 aliphatic carbocycles. The summed E-state index contributed by atoms with van der Waals surface area (Å²) in [5.74, 6) is 0.0340. The number of hydrogen-bond acceptors (Lipinski definition) is 4. The van der Waals surface area contributed by atoms with Gasteiger partial charge in [-0.25, -0.2) is 0 Å². The molecule has 0 radical (unpaired) electrons. The third kappa shape index (κ3) is 3.72. The van der Waals surface area contributed by atoms with E-state index in [1.807, 2.05) is 0 Å². The van der Waals surface area contributed by atoms with Gasteiger partial charge in [0.05, 0.1) is 0 Å². The molecule has 0 amide bonds. The topological polar surface area (TPSA) is 63.6 Å². The van der Waals surface area contributed by atoms with Crippen molar-refractivity contribution in [1.82, 2.24) is 0 Å². The molecule has 1 N–H and O–H groups in total. The fraction of sp³-hybridized carbons (Fsp3) is 0.400. The normalized spacial score (nSPS) is 13.5. The second kappa shape index (κ2) is 5.44. The number of aryl methyl sites for hydroxylation is 2. The van der Waals surface area contributed by atoms with Crippen LogP contribution in [0, 0.1) is 17.4 Å². The maximum atomic E-state index is 12.2. The second-order valence-corrected chi connectivity index (χ2v) is 9.99. The molecule has 0 fully saturated rings. The monoisotopic (exact) mass is 412 g/mol. The van der Waals surface area contributed by atoms with E-state index in [4.69, 9.17) is 0 Å². The zero-order valence-corrected chi connectivity index (χ0v) is 13.2. The number of hydrogen-bond donors (Lipinski definition) is 1. The number of halogens is 4. The molecule has 0 unspecified atom stereocenters. The van der Waals surface area contributed by atoms with Crippen LogP contribution in [0.3, 0.4) is 0 Å². The van der Waals surface area contributed by atoms with Crippen molar-refractivity contribution in [2.45, 2.75) is 19.4 Å². The summed E-state index contributed by atoms with van der Waals surface area (Å²) in [6, 6.07) is 2.89. The summed E-state index contributed by atoms with van der Waals surface area (Å²) < 4.78 is 63.1. The first kappa shape index (κ1) is 16.5. The fourth-order valence-corrected chi connectivity index (χ4v) is 6.82. The van der Waals surface area contributed by atoms with Gasteiger partial charge in [-0.2, -0.15) is 0 Å². The van der Waals surface area contributed by atoms with Crippen LogP contribution in [-0.4, -0.2) is 24.0 Å². The summed E-state index contributed by atoms with van der Waals surface area (Å²) >= 11 is -2.97. The van der Waals surface area contributed by atoms with Crippen LogP contribution in [0.15, 0.2) is 12.1 Å². The molecular weight excluding hydrogens is 400 g/mol. The predicted molar refractivity (Wildman–Crippen MR) is 72.3 cm³/mol. The molecule has 1 rings (SSSR count). The SMILES string of the molecule is Cc1cc(I(C)OS(=O)(=O)C(F)(F)F)cc(C)c1O. The number of alkyl halides is 4. The number of benzene rings is 1. The van der Waals surface area contributed by atoms with Crippen LogP contribution in [0.4, 0.5) is 13.2 Å². The molecule has 1 aromatic rings. The van der Waals surface area contributed by atoms with Crippen LogP contribution >= 0.6 is 20.2 Å². The van der Waals surface area contributed by atoms with Crippen molar-refractivity contribution in [3.8, 4) is 5.75 Å². The summed E-state index contributed by atoms with van der Waals surface area (Å²) in [5.41, 5.74) is -4.49. The first-order chi connectivity index (χ1) is 8.45. The molecule has 1 aromatic carbocycles. The van der Waals surface area contributed by atoms with Gasteiger partial charge in [0.15, 0.2) is 0 Å². The van der Waals surface area contributed by atoms with Gasteiger partial charge >= 0.3 is 116 Å². The van der Waals surface area contributed by atoms with Crippen molar-refractivity contribution in [3.05, 3.63) is 26.8 Å². The molecule has 0 heterocycles. The van der Waals surface area contributed by atoms with Gasteiger partial charge in [0.25, 0.3) is 0 Å². The Kier molecular flexibility index (Phi) is 4.73. The molecule has 0 saturated heterocycles. The molecule has 0 spiro atoms. The van der Waals surface area contributed by atoms with Crippen LogP contribution in [0.25, 0.3) is 0 Å². The summed E-state index contributed by atoms with van der Waals surface area (Å²) in [6.45, 7) is 3.15. The van der Waals surface area contributed by atoms with Gasteiger partial charge in [-0.3, -0.25) is 0 Å². The van der Waals surface area contributed by atoms with Gasteiger partial charge in [-0.1, -0.05) is 0 Å². The van der Waals surface area contributed by atoms with Gasteiger partial charge in [0.1, 0.15) is 0 Å². The van der Waals surface area contributed by atoms with Crippen molar-refractivity contribution < 1.29 is 29.2 Å². The zero-order valence-electron chi connectivity index (χ0n) is 10.2. The van der Waals surface area contributed by atoms with E-state index in [0.717, 1.165) is 0 Å². The molecule has 0 atom stereocenters.